The molecule has 0 bridgehead atoms. The second-order valence-corrected chi connectivity index (χ2v) is 6.12. The van der Waals surface area contributed by atoms with Gasteiger partial charge < -0.3 is 25.6 Å². The maximum Gasteiger partial charge on any atom is 0.407 e. The summed E-state index contributed by atoms with van der Waals surface area (Å²) in [6, 6.07) is -0.538. The monoisotopic (exact) mass is 314 g/mol. The molecule has 22 heavy (non-hydrogen) atoms. The van der Waals surface area contributed by atoms with Gasteiger partial charge in [0.2, 0.25) is 5.91 Å². The van der Waals surface area contributed by atoms with Crippen molar-refractivity contribution in [1.82, 2.24) is 20.9 Å². The fourth-order valence-electron chi connectivity index (χ4n) is 2.21. The van der Waals surface area contributed by atoms with Gasteiger partial charge >= 0.3 is 12.1 Å². The first-order chi connectivity index (χ1) is 10.2. The van der Waals surface area contributed by atoms with Crippen LogP contribution in [0.1, 0.15) is 34.1 Å². The molecule has 1 saturated heterocycles. The number of rotatable bonds is 5. The van der Waals surface area contributed by atoms with E-state index >= 15 is 0 Å². The lowest BCUT2D eigenvalue weighted by Gasteiger charge is -2.32. The summed E-state index contributed by atoms with van der Waals surface area (Å²) in [5.74, 6) is 0.0433. The molecule has 1 heterocycles. The average Bonchev–Trinajstić information content (AvgIpc) is 2.76. The van der Waals surface area contributed by atoms with Crippen LogP contribution in [0.15, 0.2) is 0 Å². The highest BCUT2D eigenvalue weighted by atomic mass is 16.5. The van der Waals surface area contributed by atoms with Gasteiger partial charge in [0.05, 0.1) is 12.6 Å². The van der Waals surface area contributed by atoms with E-state index in [0.29, 0.717) is 19.6 Å². The highest BCUT2D eigenvalue weighted by Crippen LogP contribution is 2.21. The van der Waals surface area contributed by atoms with E-state index < -0.39 is 6.09 Å². The number of carbonyl (C=O) groups is 3. The van der Waals surface area contributed by atoms with Crippen LogP contribution in [0.5, 0.6) is 0 Å². The Hall–Kier alpha value is -1.99. The van der Waals surface area contributed by atoms with Crippen LogP contribution in [-0.2, 0) is 9.53 Å². The number of nitrogens with zero attached hydrogens (tertiary/aromatic N) is 1. The van der Waals surface area contributed by atoms with E-state index in [-0.39, 0.29) is 36.6 Å². The molecule has 8 heteroatoms. The van der Waals surface area contributed by atoms with Crippen LogP contribution < -0.4 is 16.0 Å². The van der Waals surface area contributed by atoms with Gasteiger partial charge in [-0.15, -0.1) is 0 Å². The minimum atomic E-state index is -0.507. The smallest absolute Gasteiger partial charge is 0.407 e. The topological polar surface area (TPSA) is 99.8 Å². The number of likely N-dealkylation sites (tertiary alicyclic amines) is 1. The third-order valence-corrected chi connectivity index (χ3v) is 3.23. The molecule has 0 spiro atoms. The number of alkyl carbamates (subject to hydrolysis) is 1. The minimum Gasteiger partial charge on any atom is -0.450 e. The first-order valence-electron chi connectivity index (χ1n) is 7.49. The molecular formula is C14H26N4O4. The molecule has 1 rings (SSSR count). The summed E-state index contributed by atoms with van der Waals surface area (Å²) in [5, 5.41) is 7.89. The van der Waals surface area contributed by atoms with Gasteiger partial charge in [0.1, 0.15) is 0 Å². The van der Waals surface area contributed by atoms with Gasteiger partial charge in [0, 0.05) is 31.6 Å². The molecule has 1 aliphatic rings. The summed E-state index contributed by atoms with van der Waals surface area (Å²) in [6.45, 7) is 9.00. The predicted octanol–water partition coefficient (Wildman–Crippen LogP) is 0.431. The molecule has 8 nitrogen and oxygen atoms in total. The molecule has 4 amide bonds. The van der Waals surface area contributed by atoms with Crippen molar-refractivity contribution in [2.24, 2.45) is 0 Å². The Balaban J connectivity index is 2.24. The maximum absolute atomic E-state index is 11.9. The van der Waals surface area contributed by atoms with Gasteiger partial charge in [-0.3, -0.25) is 4.79 Å². The van der Waals surface area contributed by atoms with E-state index in [4.69, 9.17) is 4.74 Å². The molecule has 0 aromatic carbocycles. The number of nitrogens with one attached hydrogen (secondary N) is 3. The molecule has 0 aliphatic carbocycles. The van der Waals surface area contributed by atoms with Crippen molar-refractivity contribution in [3.63, 3.8) is 0 Å². The van der Waals surface area contributed by atoms with E-state index in [1.54, 1.807) is 11.8 Å². The maximum atomic E-state index is 11.9. The van der Waals surface area contributed by atoms with Crippen LogP contribution in [0, 0.1) is 0 Å². The summed E-state index contributed by atoms with van der Waals surface area (Å²) in [6.07, 6.45) is -0.196. The summed E-state index contributed by atoms with van der Waals surface area (Å²) < 4.78 is 4.69. The van der Waals surface area contributed by atoms with Gasteiger partial charge in [0.15, 0.2) is 0 Å². The Morgan fingerprint density at radius 2 is 1.91 bits per heavy atom. The Kier molecular flexibility index (Phi) is 6.45. The zero-order chi connectivity index (χ0) is 16.8. The van der Waals surface area contributed by atoms with Crippen LogP contribution in [0.3, 0.4) is 0 Å². The standard InChI is InChI=1S/C14H26N4O4/c1-5-22-13(21)16-7-6-15-12(20)17-10-8-11(19)18(9-10)14(2,3)4/h10H,5-9H2,1-4H3,(H,16,21)(H2,15,17,20). The Morgan fingerprint density at radius 1 is 1.27 bits per heavy atom. The third kappa shape index (κ3) is 5.79. The number of hydrogen-bond donors (Lipinski definition) is 3. The summed E-state index contributed by atoms with van der Waals surface area (Å²) in [4.78, 5) is 36.4. The van der Waals surface area contributed by atoms with Crippen molar-refractivity contribution >= 4 is 18.0 Å². The molecule has 1 fully saturated rings. The first kappa shape index (κ1) is 18.1. The molecule has 1 atom stereocenters. The lowest BCUT2D eigenvalue weighted by atomic mass is 10.1. The van der Waals surface area contributed by atoms with E-state index in [1.807, 2.05) is 20.8 Å². The van der Waals surface area contributed by atoms with Gasteiger partial charge in [-0.25, -0.2) is 9.59 Å². The second-order valence-electron chi connectivity index (χ2n) is 6.12. The number of amides is 4. The van der Waals surface area contributed by atoms with Crippen LogP contribution in [0.2, 0.25) is 0 Å². The van der Waals surface area contributed by atoms with Crippen molar-refractivity contribution in [1.29, 1.82) is 0 Å². The fraction of sp³-hybridized carbons (Fsp3) is 0.786. The molecule has 0 aromatic heterocycles. The SMILES string of the molecule is CCOC(=O)NCCNC(=O)NC1CC(=O)N(C(C)(C)C)C1. The van der Waals surface area contributed by atoms with Crippen molar-refractivity contribution in [2.75, 3.05) is 26.2 Å². The van der Waals surface area contributed by atoms with E-state index in [0.717, 1.165) is 0 Å². The van der Waals surface area contributed by atoms with Crippen LogP contribution in [-0.4, -0.2) is 60.8 Å². The van der Waals surface area contributed by atoms with Crippen LogP contribution in [0.25, 0.3) is 0 Å². The summed E-state index contributed by atoms with van der Waals surface area (Å²) in [5.41, 5.74) is -0.243. The number of hydrogen-bond acceptors (Lipinski definition) is 4. The van der Waals surface area contributed by atoms with Gasteiger partial charge in [-0.2, -0.15) is 0 Å². The number of ether oxygens (including phenoxy) is 1. The van der Waals surface area contributed by atoms with Crippen molar-refractivity contribution in [2.45, 2.75) is 45.7 Å². The van der Waals surface area contributed by atoms with Crippen molar-refractivity contribution < 1.29 is 19.1 Å². The molecule has 0 radical (unpaired) electrons. The molecule has 0 aromatic rings. The van der Waals surface area contributed by atoms with Crippen molar-refractivity contribution in [3.05, 3.63) is 0 Å². The predicted molar refractivity (Wildman–Crippen MR) is 81.4 cm³/mol. The molecule has 3 N–H and O–H groups in total. The molecule has 1 aliphatic heterocycles. The van der Waals surface area contributed by atoms with Gasteiger partial charge in [0.25, 0.3) is 0 Å². The van der Waals surface area contributed by atoms with E-state index in [1.165, 1.54) is 0 Å². The minimum absolute atomic E-state index is 0.0433. The molecular weight excluding hydrogens is 288 g/mol. The van der Waals surface area contributed by atoms with Gasteiger partial charge in [-0.1, -0.05) is 0 Å². The molecule has 126 valence electrons. The zero-order valence-electron chi connectivity index (χ0n) is 13.7. The highest BCUT2D eigenvalue weighted by molar-refractivity contribution is 5.82. The van der Waals surface area contributed by atoms with E-state index in [9.17, 15) is 14.4 Å². The zero-order valence-corrected chi connectivity index (χ0v) is 13.7. The van der Waals surface area contributed by atoms with Crippen molar-refractivity contribution in [3.8, 4) is 0 Å². The lowest BCUT2D eigenvalue weighted by molar-refractivity contribution is -0.131. The summed E-state index contributed by atoms with van der Waals surface area (Å²) >= 11 is 0. The summed E-state index contributed by atoms with van der Waals surface area (Å²) in [7, 11) is 0. The lowest BCUT2D eigenvalue weighted by Crippen LogP contribution is -2.47. The number of carbonyl (C=O) groups excluding carboxylic acids is 3. The van der Waals surface area contributed by atoms with E-state index in [2.05, 4.69) is 16.0 Å². The van der Waals surface area contributed by atoms with Crippen LogP contribution in [0.4, 0.5) is 9.59 Å². The van der Waals surface area contributed by atoms with Crippen LogP contribution >= 0.6 is 0 Å². The molecule has 1 unspecified atom stereocenters. The Labute approximate surface area is 130 Å². The van der Waals surface area contributed by atoms with Gasteiger partial charge in [-0.05, 0) is 27.7 Å². The Bertz CT molecular complexity index is 420. The Morgan fingerprint density at radius 3 is 2.45 bits per heavy atom. The average molecular weight is 314 g/mol. The number of urea groups is 1. The third-order valence-electron chi connectivity index (χ3n) is 3.23. The molecule has 0 saturated carbocycles. The highest BCUT2D eigenvalue weighted by Gasteiger charge is 2.36. The second kappa shape index (κ2) is 7.86. The largest absolute Gasteiger partial charge is 0.450 e. The fourth-order valence-corrected chi connectivity index (χ4v) is 2.21. The first-order valence-corrected chi connectivity index (χ1v) is 7.49. The quantitative estimate of drug-likeness (QED) is 0.641. The normalized spacial score (nSPS) is 18.1.